The Hall–Kier alpha value is -1.87. The Morgan fingerprint density at radius 3 is 2.85 bits per heavy atom. The van der Waals surface area contributed by atoms with Crippen LogP contribution < -0.4 is 4.90 Å². The van der Waals surface area contributed by atoms with E-state index in [0.29, 0.717) is 5.02 Å². The molecule has 0 N–H and O–H groups in total. The molecule has 20 heavy (non-hydrogen) atoms. The zero-order valence-corrected chi connectivity index (χ0v) is 11.7. The van der Waals surface area contributed by atoms with Crippen LogP contribution in [0.5, 0.6) is 0 Å². The molecule has 0 aromatic heterocycles. The molecule has 1 amide bonds. The molecule has 1 atom stereocenters. The lowest BCUT2D eigenvalue weighted by Crippen LogP contribution is -2.36. The van der Waals surface area contributed by atoms with Crippen molar-refractivity contribution < 1.29 is 9.18 Å². The third kappa shape index (κ3) is 2.08. The summed E-state index contributed by atoms with van der Waals surface area (Å²) in [4.78, 5) is 14.3. The number of benzene rings is 2. The molecule has 0 radical (unpaired) electrons. The Morgan fingerprint density at radius 1 is 1.30 bits per heavy atom. The lowest BCUT2D eigenvalue weighted by Gasteiger charge is -2.23. The second kappa shape index (κ2) is 4.91. The topological polar surface area (TPSA) is 20.3 Å². The van der Waals surface area contributed by atoms with Crippen LogP contribution in [-0.4, -0.2) is 11.9 Å². The molecule has 0 saturated carbocycles. The number of halogens is 2. The van der Waals surface area contributed by atoms with Gasteiger partial charge in [0.05, 0.1) is 5.56 Å². The molecule has 1 heterocycles. The quantitative estimate of drug-likeness (QED) is 0.775. The van der Waals surface area contributed by atoms with Gasteiger partial charge in [0.15, 0.2) is 0 Å². The van der Waals surface area contributed by atoms with Gasteiger partial charge in [-0.1, -0.05) is 29.8 Å². The fraction of sp³-hybridized carbons (Fsp3) is 0.188. The molecule has 1 unspecified atom stereocenters. The van der Waals surface area contributed by atoms with Crippen LogP contribution in [-0.2, 0) is 6.42 Å². The van der Waals surface area contributed by atoms with Gasteiger partial charge >= 0.3 is 0 Å². The van der Waals surface area contributed by atoms with Crippen molar-refractivity contribution in [2.75, 3.05) is 4.90 Å². The average Bonchev–Trinajstić information content (AvgIpc) is 2.76. The summed E-state index contributed by atoms with van der Waals surface area (Å²) >= 11 is 5.87. The lowest BCUT2D eigenvalue weighted by atomic mass is 10.1. The molecular weight excluding hydrogens is 277 g/mol. The second-order valence-electron chi connectivity index (χ2n) is 4.98. The number of nitrogens with zero attached hydrogens (tertiary/aromatic N) is 1. The third-order valence-corrected chi connectivity index (χ3v) is 3.82. The first-order valence-electron chi connectivity index (χ1n) is 6.44. The minimum atomic E-state index is -0.545. The van der Waals surface area contributed by atoms with Crippen LogP contribution >= 0.6 is 11.6 Å². The van der Waals surface area contributed by atoms with Crippen molar-refractivity contribution in [3.8, 4) is 0 Å². The van der Waals surface area contributed by atoms with Gasteiger partial charge in [-0.3, -0.25) is 4.79 Å². The zero-order valence-electron chi connectivity index (χ0n) is 10.9. The van der Waals surface area contributed by atoms with Crippen molar-refractivity contribution in [2.45, 2.75) is 19.4 Å². The van der Waals surface area contributed by atoms with Gasteiger partial charge in [0.25, 0.3) is 5.91 Å². The van der Waals surface area contributed by atoms with Crippen LogP contribution in [0.4, 0.5) is 10.1 Å². The van der Waals surface area contributed by atoms with Crippen molar-refractivity contribution in [3.05, 3.63) is 64.4 Å². The number of carbonyl (C=O) groups is 1. The lowest BCUT2D eigenvalue weighted by molar-refractivity contribution is 0.0977. The van der Waals surface area contributed by atoms with Crippen LogP contribution in [0.15, 0.2) is 42.5 Å². The largest absolute Gasteiger partial charge is 0.305 e. The molecule has 2 aromatic rings. The Kier molecular flexibility index (Phi) is 3.22. The average molecular weight is 290 g/mol. The number of amides is 1. The maximum absolute atomic E-state index is 13.9. The number of rotatable bonds is 1. The minimum absolute atomic E-state index is 0.0123. The number of hydrogen-bond donors (Lipinski definition) is 0. The Morgan fingerprint density at radius 2 is 2.05 bits per heavy atom. The molecule has 0 aliphatic carbocycles. The molecule has 0 spiro atoms. The molecule has 2 aromatic carbocycles. The van der Waals surface area contributed by atoms with Gasteiger partial charge in [-0.05, 0) is 43.2 Å². The Bertz CT molecular complexity index is 686. The highest BCUT2D eigenvalue weighted by Gasteiger charge is 2.32. The predicted octanol–water partition coefficient (Wildman–Crippen LogP) is 4.07. The monoisotopic (exact) mass is 289 g/mol. The maximum Gasteiger partial charge on any atom is 0.261 e. The van der Waals surface area contributed by atoms with Crippen LogP contribution in [0.25, 0.3) is 0 Å². The first-order chi connectivity index (χ1) is 9.58. The van der Waals surface area contributed by atoms with Gasteiger partial charge in [-0.15, -0.1) is 0 Å². The van der Waals surface area contributed by atoms with Gasteiger partial charge in [-0.25, -0.2) is 4.39 Å². The summed E-state index contributed by atoms with van der Waals surface area (Å²) in [6.07, 6.45) is 0.782. The van der Waals surface area contributed by atoms with Crippen LogP contribution in [0.3, 0.4) is 0 Å². The van der Waals surface area contributed by atoms with E-state index in [9.17, 15) is 9.18 Å². The first kappa shape index (κ1) is 13.1. The van der Waals surface area contributed by atoms with E-state index in [1.807, 2.05) is 31.2 Å². The van der Waals surface area contributed by atoms with E-state index in [0.717, 1.165) is 17.7 Å². The number of carbonyl (C=O) groups excluding carboxylic acids is 1. The highest BCUT2D eigenvalue weighted by Crippen LogP contribution is 2.33. The van der Waals surface area contributed by atoms with Crippen molar-refractivity contribution in [1.82, 2.24) is 0 Å². The molecule has 3 rings (SSSR count). The molecule has 1 aliphatic rings. The molecule has 0 bridgehead atoms. The Labute approximate surface area is 121 Å². The van der Waals surface area contributed by atoms with E-state index in [4.69, 9.17) is 11.6 Å². The summed E-state index contributed by atoms with van der Waals surface area (Å²) in [6.45, 7) is 1.96. The minimum Gasteiger partial charge on any atom is -0.305 e. The van der Waals surface area contributed by atoms with Crippen LogP contribution in [0.2, 0.25) is 5.02 Å². The number of fused-ring (bicyclic) bond motifs is 1. The maximum atomic E-state index is 13.9. The van der Waals surface area contributed by atoms with E-state index >= 15 is 0 Å². The summed E-state index contributed by atoms with van der Waals surface area (Å²) in [7, 11) is 0. The highest BCUT2D eigenvalue weighted by atomic mass is 35.5. The fourth-order valence-electron chi connectivity index (χ4n) is 2.67. The smallest absolute Gasteiger partial charge is 0.261 e. The fourth-order valence-corrected chi connectivity index (χ4v) is 2.84. The van der Waals surface area contributed by atoms with Crippen molar-refractivity contribution in [1.29, 1.82) is 0 Å². The molecule has 4 heteroatoms. The van der Waals surface area contributed by atoms with Crippen molar-refractivity contribution in [3.63, 3.8) is 0 Å². The van der Waals surface area contributed by atoms with Crippen LogP contribution in [0, 0.1) is 5.82 Å². The van der Waals surface area contributed by atoms with Crippen molar-refractivity contribution in [2.24, 2.45) is 0 Å². The van der Waals surface area contributed by atoms with E-state index in [1.165, 1.54) is 18.2 Å². The summed E-state index contributed by atoms with van der Waals surface area (Å²) < 4.78 is 13.9. The second-order valence-corrected chi connectivity index (χ2v) is 5.42. The van der Waals surface area contributed by atoms with Gasteiger partial charge in [0.2, 0.25) is 0 Å². The Balaban J connectivity index is 2.05. The van der Waals surface area contributed by atoms with Gasteiger partial charge < -0.3 is 4.90 Å². The molecule has 102 valence electrons. The SMILES string of the molecule is CC1Cc2ccccc2N1C(=O)c1cc(Cl)ccc1F. The predicted molar refractivity (Wildman–Crippen MR) is 77.8 cm³/mol. The molecular formula is C16H13ClFNO. The summed E-state index contributed by atoms with van der Waals surface area (Å²) in [5, 5.41) is 0.356. The first-order valence-corrected chi connectivity index (χ1v) is 6.82. The van der Waals surface area contributed by atoms with E-state index in [-0.39, 0.29) is 17.5 Å². The highest BCUT2D eigenvalue weighted by molar-refractivity contribution is 6.31. The number of anilines is 1. The standard InChI is InChI=1S/C16H13ClFNO/c1-10-8-11-4-2-3-5-15(11)19(10)16(20)13-9-12(17)6-7-14(13)18/h2-7,9-10H,8H2,1H3. The number of para-hydroxylation sites is 1. The van der Waals surface area contributed by atoms with Gasteiger partial charge in [0, 0.05) is 16.8 Å². The van der Waals surface area contributed by atoms with E-state index in [2.05, 4.69) is 0 Å². The molecule has 0 saturated heterocycles. The normalized spacial score (nSPS) is 17.1. The summed E-state index contributed by atoms with van der Waals surface area (Å²) in [5.74, 6) is -0.890. The van der Waals surface area contributed by atoms with E-state index < -0.39 is 5.82 Å². The van der Waals surface area contributed by atoms with Crippen LogP contribution in [0.1, 0.15) is 22.8 Å². The summed E-state index contributed by atoms with van der Waals surface area (Å²) in [5.41, 5.74) is 1.97. The van der Waals surface area contributed by atoms with E-state index in [1.54, 1.807) is 4.90 Å². The summed E-state index contributed by atoms with van der Waals surface area (Å²) in [6, 6.07) is 11.8. The number of hydrogen-bond acceptors (Lipinski definition) is 1. The zero-order chi connectivity index (χ0) is 14.3. The third-order valence-electron chi connectivity index (χ3n) is 3.58. The molecule has 0 fully saturated rings. The van der Waals surface area contributed by atoms with Gasteiger partial charge in [-0.2, -0.15) is 0 Å². The molecule has 2 nitrogen and oxygen atoms in total. The van der Waals surface area contributed by atoms with Crippen molar-refractivity contribution >= 4 is 23.2 Å². The molecule has 1 aliphatic heterocycles. The van der Waals surface area contributed by atoms with Gasteiger partial charge in [0.1, 0.15) is 5.82 Å².